The van der Waals surface area contributed by atoms with Gasteiger partial charge >= 0.3 is 0 Å². The summed E-state index contributed by atoms with van der Waals surface area (Å²) in [6.45, 7) is 1.90. The van der Waals surface area contributed by atoms with E-state index in [1.54, 1.807) is 26.4 Å². The van der Waals surface area contributed by atoms with E-state index in [0.29, 0.717) is 24.3 Å². The summed E-state index contributed by atoms with van der Waals surface area (Å²) in [5.74, 6) is 1.33. The van der Waals surface area contributed by atoms with Crippen LogP contribution in [-0.4, -0.2) is 26.0 Å². The van der Waals surface area contributed by atoms with Gasteiger partial charge in [0.2, 0.25) is 0 Å². The molecule has 0 aliphatic heterocycles. The Labute approximate surface area is 102 Å². The van der Waals surface area contributed by atoms with Crippen LogP contribution in [0.1, 0.15) is 18.9 Å². The number of carbonyl (C=O) groups is 1. The average Bonchev–Trinajstić information content (AvgIpc) is 2.37. The molecule has 4 nitrogen and oxygen atoms in total. The number of rotatable bonds is 6. The van der Waals surface area contributed by atoms with Gasteiger partial charge in [0, 0.05) is 6.42 Å². The van der Waals surface area contributed by atoms with Crippen molar-refractivity contribution in [2.75, 3.05) is 14.2 Å². The fraction of sp³-hybridized carbons (Fsp3) is 0.462. The first-order valence-corrected chi connectivity index (χ1v) is 5.61. The summed E-state index contributed by atoms with van der Waals surface area (Å²) in [4.78, 5) is 11.7. The minimum absolute atomic E-state index is 0.0414. The molecule has 0 saturated heterocycles. The molecule has 1 aromatic carbocycles. The molecule has 0 amide bonds. The Morgan fingerprint density at radius 3 is 2.47 bits per heavy atom. The molecule has 4 heteroatoms. The topological polar surface area (TPSA) is 61.6 Å². The zero-order chi connectivity index (χ0) is 12.8. The van der Waals surface area contributed by atoms with Crippen LogP contribution in [0.4, 0.5) is 0 Å². The molecule has 1 unspecified atom stereocenters. The van der Waals surface area contributed by atoms with Gasteiger partial charge in [0.05, 0.1) is 20.3 Å². The minimum Gasteiger partial charge on any atom is -0.493 e. The van der Waals surface area contributed by atoms with Crippen LogP contribution in [0.5, 0.6) is 11.5 Å². The molecule has 0 aliphatic carbocycles. The normalized spacial score (nSPS) is 12.0. The van der Waals surface area contributed by atoms with Crippen LogP contribution in [0, 0.1) is 0 Å². The van der Waals surface area contributed by atoms with Crippen LogP contribution < -0.4 is 15.2 Å². The van der Waals surface area contributed by atoms with E-state index < -0.39 is 0 Å². The molecule has 0 saturated carbocycles. The lowest BCUT2D eigenvalue weighted by Gasteiger charge is -2.11. The van der Waals surface area contributed by atoms with Gasteiger partial charge in [-0.25, -0.2) is 0 Å². The van der Waals surface area contributed by atoms with Crippen LogP contribution in [0.15, 0.2) is 18.2 Å². The van der Waals surface area contributed by atoms with E-state index in [-0.39, 0.29) is 11.8 Å². The van der Waals surface area contributed by atoms with Crippen molar-refractivity contribution in [1.82, 2.24) is 0 Å². The Bertz CT molecular complexity index is 390. The van der Waals surface area contributed by atoms with Crippen molar-refractivity contribution in [3.63, 3.8) is 0 Å². The first-order chi connectivity index (χ1) is 8.12. The lowest BCUT2D eigenvalue weighted by atomic mass is 10.0. The summed E-state index contributed by atoms with van der Waals surface area (Å²) >= 11 is 0. The van der Waals surface area contributed by atoms with E-state index in [2.05, 4.69) is 0 Å². The minimum atomic E-state index is -0.386. The maximum atomic E-state index is 11.7. The maximum absolute atomic E-state index is 11.7. The number of methoxy groups -OCH3 is 2. The molecule has 0 radical (unpaired) electrons. The number of ketones is 1. The van der Waals surface area contributed by atoms with Crippen molar-refractivity contribution in [1.29, 1.82) is 0 Å². The van der Waals surface area contributed by atoms with Gasteiger partial charge in [-0.3, -0.25) is 4.79 Å². The molecule has 1 aromatic rings. The van der Waals surface area contributed by atoms with Crippen molar-refractivity contribution < 1.29 is 14.3 Å². The number of Topliss-reactive ketones (excluding diaryl/α,β-unsaturated/α-hetero) is 1. The standard InChI is InChI=1S/C13H19NO3/c1-4-10(14)11(15)7-9-5-6-12(16-2)13(8-9)17-3/h5-6,8,10H,4,7,14H2,1-3H3. The van der Waals surface area contributed by atoms with Crippen LogP contribution >= 0.6 is 0 Å². The highest BCUT2D eigenvalue weighted by Crippen LogP contribution is 2.27. The summed E-state index contributed by atoms with van der Waals surface area (Å²) in [7, 11) is 3.15. The second-order valence-electron chi connectivity index (χ2n) is 3.85. The first-order valence-electron chi connectivity index (χ1n) is 5.61. The highest BCUT2D eigenvalue weighted by atomic mass is 16.5. The Morgan fingerprint density at radius 1 is 1.29 bits per heavy atom. The van der Waals surface area contributed by atoms with E-state index in [1.807, 2.05) is 13.0 Å². The highest BCUT2D eigenvalue weighted by Gasteiger charge is 2.13. The second-order valence-corrected chi connectivity index (χ2v) is 3.85. The average molecular weight is 237 g/mol. The third-order valence-electron chi connectivity index (χ3n) is 2.68. The molecule has 94 valence electrons. The third kappa shape index (κ3) is 3.46. The molecule has 17 heavy (non-hydrogen) atoms. The molecular weight excluding hydrogens is 218 g/mol. The van der Waals surface area contributed by atoms with Crippen LogP contribution in [0.25, 0.3) is 0 Å². The zero-order valence-corrected chi connectivity index (χ0v) is 10.5. The van der Waals surface area contributed by atoms with Gasteiger partial charge in [-0.05, 0) is 24.1 Å². The summed E-state index contributed by atoms with van der Waals surface area (Å²) < 4.78 is 10.3. The number of ether oxygens (including phenoxy) is 2. The molecule has 0 aliphatic rings. The molecule has 1 atom stereocenters. The van der Waals surface area contributed by atoms with Crippen molar-refractivity contribution in [3.05, 3.63) is 23.8 Å². The summed E-state index contributed by atoms with van der Waals surface area (Å²) in [6, 6.07) is 5.06. The zero-order valence-electron chi connectivity index (χ0n) is 10.5. The van der Waals surface area contributed by atoms with E-state index in [4.69, 9.17) is 15.2 Å². The lowest BCUT2D eigenvalue weighted by Crippen LogP contribution is -2.30. The van der Waals surface area contributed by atoms with Gasteiger partial charge < -0.3 is 15.2 Å². The van der Waals surface area contributed by atoms with E-state index in [1.165, 1.54) is 0 Å². The van der Waals surface area contributed by atoms with Crippen LogP contribution in [-0.2, 0) is 11.2 Å². The van der Waals surface area contributed by atoms with E-state index >= 15 is 0 Å². The first kappa shape index (κ1) is 13.5. The fourth-order valence-corrected chi connectivity index (χ4v) is 1.55. The number of carbonyl (C=O) groups excluding carboxylic acids is 1. The van der Waals surface area contributed by atoms with Crippen LogP contribution in [0.3, 0.4) is 0 Å². The van der Waals surface area contributed by atoms with E-state index in [9.17, 15) is 4.79 Å². The molecule has 2 N–H and O–H groups in total. The van der Waals surface area contributed by atoms with Gasteiger partial charge in [-0.1, -0.05) is 13.0 Å². The Balaban J connectivity index is 2.82. The number of hydrogen-bond acceptors (Lipinski definition) is 4. The smallest absolute Gasteiger partial charge is 0.161 e. The van der Waals surface area contributed by atoms with Crippen molar-refractivity contribution in [3.8, 4) is 11.5 Å². The Morgan fingerprint density at radius 2 is 1.94 bits per heavy atom. The fourth-order valence-electron chi connectivity index (χ4n) is 1.55. The molecule has 0 heterocycles. The second kappa shape index (κ2) is 6.25. The summed E-state index contributed by atoms with van der Waals surface area (Å²) in [6.07, 6.45) is 0.988. The molecule has 0 fully saturated rings. The number of nitrogens with two attached hydrogens (primary N) is 1. The molecule has 0 aromatic heterocycles. The molecule has 1 rings (SSSR count). The molecular formula is C13H19NO3. The van der Waals surface area contributed by atoms with Gasteiger partial charge in [0.25, 0.3) is 0 Å². The predicted molar refractivity (Wildman–Crippen MR) is 66.5 cm³/mol. The largest absolute Gasteiger partial charge is 0.493 e. The summed E-state index contributed by atoms with van der Waals surface area (Å²) in [5, 5.41) is 0. The summed E-state index contributed by atoms with van der Waals surface area (Å²) in [5.41, 5.74) is 6.57. The predicted octanol–water partition coefficient (Wildman–Crippen LogP) is 1.55. The van der Waals surface area contributed by atoms with Crippen LogP contribution in [0.2, 0.25) is 0 Å². The Hall–Kier alpha value is -1.55. The molecule has 0 bridgehead atoms. The third-order valence-corrected chi connectivity index (χ3v) is 2.68. The van der Waals surface area contributed by atoms with Crippen molar-refractivity contribution in [2.45, 2.75) is 25.8 Å². The monoisotopic (exact) mass is 237 g/mol. The quantitative estimate of drug-likeness (QED) is 0.815. The maximum Gasteiger partial charge on any atom is 0.161 e. The number of benzene rings is 1. The van der Waals surface area contributed by atoms with Gasteiger partial charge in [-0.2, -0.15) is 0 Å². The van der Waals surface area contributed by atoms with Gasteiger partial charge in [0.1, 0.15) is 0 Å². The van der Waals surface area contributed by atoms with Gasteiger partial charge in [-0.15, -0.1) is 0 Å². The lowest BCUT2D eigenvalue weighted by molar-refractivity contribution is -0.119. The van der Waals surface area contributed by atoms with Crippen molar-refractivity contribution >= 4 is 5.78 Å². The van der Waals surface area contributed by atoms with Gasteiger partial charge in [0.15, 0.2) is 17.3 Å². The number of hydrogen-bond donors (Lipinski definition) is 1. The van der Waals surface area contributed by atoms with E-state index in [0.717, 1.165) is 5.56 Å². The van der Waals surface area contributed by atoms with Crippen molar-refractivity contribution in [2.24, 2.45) is 5.73 Å². The SMILES string of the molecule is CCC(N)C(=O)Cc1ccc(OC)c(OC)c1. The molecule has 0 spiro atoms. The highest BCUT2D eigenvalue weighted by molar-refractivity contribution is 5.85. The Kier molecular flexibility index (Phi) is 4.97.